The summed E-state index contributed by atoms with van der Waals surface area (Å²) in [5, 5.41) is 3.00. The standard InChI is InChI=1S/C17H24N2O3/c1-11-10-12(22-2)8-9-13(11)17(21)19-15-7-5-3-4-6-14(15)16(18)20/h8-10,14-15H,3-7H2,1-2H3,(H2,18,20)(H,19,21)/t14-,15+/m0/s1. The van der Waals surface area contributed by atoms with Gasteiger partial charge in [0.2, 0.25) is 5.91 Å². The van der Waals surface area contributed by atoms with Gasteiger partial charge in [-0.2, -0.15) is 0 Å². The summed E-state index contributed by atoms with van der Waals surface area (Å²) in [4.78, 5) is 24.2. The molecule has 0 spiro atoms. The average Bonchev–Trinajstić information content (AvgIpc) is 2.72. The fraction of sp³-hybridized carbons (Fsp3) is 0.529. The lowest BCUT2D eigenvalue weighted by atomic mass is 9.93. The Morgan fingerprint density at radius 3 is 2.59 bits per heavy atom. The number of carbonyl (C=O) groups is 2. The van der Waals surface area contributed by atoms with Crippen LogP contribution >= 0.6 is 0 Å². The van der Waals surface area contributed by atoms with Gasteiger partial charge in [0, 0.05) is 11.6 Å². The molecule has 5 nitrogen and oxygen atoms in total. The van der Waals surface area contributed by atoms with Crippen molar-refractivity contribution in [3.63, 3.8) is 0 Å². The van der Waals surface area contributed by atoms with Gasteiger partial charge in [-0.1, -0.05) is 19.3 Å². The van der Waals surface area contributed by atoms with E-state index in [4.69, 9.17) is 10.5 Å². The largest absolute Gasteiger partial charge is 0.497 e. The van der Waals surface area contributed by atoms with Gasteiger partial charge in [0.15, 0.2) is 0 Å². The number of rotatable bonds is 4. The number of benzene rings is 1. The molecule has 0 heterocycles. The van der Waals surface area contributed by atoms with E-state index in [9.17, 15) is 9.59 Å². The molecule has 1 fully saturated rings. The van der Waals surface area contributed by atoms with Gasteiger partial charge < -0.3 is 15.8 Å². The SMILES string of the molecule is COc1ccc(C(=O)N[C@@H]2CCCCC[C@@H]2C(N)=O)c(C)c1. The van der Waals surface area contributed by atoms with E-state index < -0.39 is 0 Å². The van der Waals surface area contributed by atoms with Crippen molar-refractivity contribution < 1.29 is 14.3 Å². The number of hydrogen-bond acceptors (Lipinski definition) is 3. The smallest absolute Gasteiger partial charge is 0.251 e. The Morgan fingerprint density at radius 1 is 1.23 bits per heavy atom. The fourth-order valence-electron chi connectivity index (χ4n) is 3.08. The maximum absolute atomic E-state index is 12.5. The molecule has 1 aromatic rings. The number of aryl methyl sites for hydroxylation is 1. The van der Waals surface area contributed by atoms with Crippen molar-refractivity contribution in [3.8, 4) is 5.75 Å². The highest BCUT2D eigenvalue weighted by Gasteiger charge is 2.29. The number of methoxy groups -OCH3 is 1. The average molecular weight is 304 g/mol. The van der Waals surface area contributed by atoms with E-state index in [-0.39, 0.29) is 23.8 Å². The van der Waals surface area contributed by atoms with Crippen LogP contribution in [0.5, 0.6) is 5.75 Å². The van der Waals surface area contributed by atoms with Crippen LogP contribution in [0.2, 0.25) is 0 Å². The number of primary amides is 1. The summed E-state index contributed by atoms with van der Waals surface area (Å²) < 4.78 is 5.15. The fourth-order valence-corrected chi connectivity index (χ4v) is 3.08. The molecule has 1 aromatic carbocycles. The van der Waals surface area contributed by atoms with Crippen molar-refractivity contribution in [3.05, 3.63) is 29.3 Å². The number of nitrogens with two attached hydrogens (primary N) is 1. The zero-order chi connectivity index (χ0) is 16.1. The highest BCUT2D eigenvalue weighted by atomic mass is 16.5. The predicted octanol–water partition coefficient (Wildman–Crippen LogP) is 2.17. The first-order valence-electron chi connectivity index (χ1n) is 7.77. The first-order valence-corrected chi connectivity index (χ1v) is 7.77. The molecule has 0 saturated heterocycles. The molecule has 0 aliphatic heterocycles. The lowest BCUT2D eigenvalue weighted by Crippen LogP contribution is -2.45. The predicted molar refractivity (Wildman–Crippen MR) is 84.8 cm³/mol. The summed E-state index contributed by atoms with van der Waals surface area (Å²) in [6, 6.07) is 5.17. The summed E-state index contributed by atoms with van der Waals surface area (Å²) in [5.74, 6) is -0.0273. The summed E-state index contributed by atoms with van der Waals surface area (Å²) in [6.07, 6.45) is 4.63. The third-order valence-corrected chi connectivity index (χ3v) is 4.38. The van der Waals surface area contributed by atoms with Gasteiger partial charge >= 0.3 is 0 Å². The van der Waals surface area contributed by atoms with Crippen LogP contribution in [0.25, 0.3) is 0 Å². The van der Waals surface area contributed by atoms with E-state index in [0.29, 0.717) is 5.56 Å². The molecule has 2 amide bonds. The van der Waals surface area contributed by atoms with Crippen LogP contribution in [0.1, 0.15) is 48.0 Å². The highest BCUT2D eigenvalue weighted by Crippen LogP contribution is 2.24. The quantitative estimate of drug-likeness (QED) is 0.836. The van der Waals surface area contributed by atoms with Gasteiger partial charge in [0.05, 0.1) is 13.0 Å². The van der Waals surface area contributed by atoms with Crippen LogP contribution in [0.4, 0.5) is 0 Å². The van der Waals surface area contributed by atoms with Crippen LogP contribution in [0, 0.1) is 12.8 Å². The number of ether oxygens (including phenoxy) is 1. The van der Waals surface area contributed by atoms with E-state index in [1.807, 2.05) is 13.0 Å². The van der Waals surface area contributed by atoms with Crippen molar-refractivity contribution in [2.45, 2.75) is 45.1 Å². The van der Waals surface area contributed by atoms with E-state index >= 15 is 0 Å². The first-order chi connectivity index (χ1) is 10.5. The Morgan fingerprint density at radius 2 is 1.95 bits per heavy atom. The second kappa shape index (κ2) is 7.29. The summed E-state index contributed by atoms with van der Waals surface area (Å²) in [5.41, 5.74) is 6.96. The molecule has 0 bridgehead atoms. The molecule has 5 heteroatoms. The molecule has 0 unspecified atom stereocenters. The number of carbonyl (C=O) groups excluding carboxylic acids is 2. The van der Waals surface area contributed by atoms with E-state index in [0.717, 1.165) is 43.4 Å². The van der Waals surface area contributed by atoms with Crippen LogP contribution in [-0.4, -0.2) is 25.0 Å². The molecule has 0 aromatic heterocycles. The normalized spacial score (nSPS) is 21.7. The van der Waals surface area contributed by atoms with Crippen molar-refractivity contribution in [2.75, 3.05) is 7.11 Å². The van der Waals surface area contributed by atoms with E-state index in [1.54, 1.807) is 19.2 Å². The van der Waals surface area contributed by atoms with Gasteiger partial charge in [-0.3, -0.25) is 9.59 Å². The molecule has 2 atom stereocenters. The lowest BCUT2D eigenvalue weighted by Gasteiger charge is -2.24. The minimum Gasteiger partial charge on any atom is -0.497 e. The monoisotopic (exact) mass is 304 g/mol. The molecule has 1 saturated carbocycles. The van der Waals surface area contributed by atoms with Gasteiger partial charge in [-0.25, -0.2) is 0 Å². The Balaban J connectivity index is 2.13. The summed E-state index contributed by atoms with van der Waals surface area (Å²) >= 11 is 0. The minimum atomic E-state index is -0.321. The van der Waals surface area contributed by atoms with Gasteiger partial charge in [0.25, 0.3) is 5.91 Å². The van der Waals surface area contributed by atoms with Crippen molar-refractivity contribution in [1.29, 1.82) is 0 Å². The van der Waals surface area contributed by atoms with Crippen LogP contribution < -0.4 is 15.8 Å². The van der Waals surface area contributed by atoms with Crippen LogP contribution in [-0.2, 0) is 4.79 Å². The Hall–Kier alpha value is -2.04. The van der Waals surface area contributed by atoms with E-state index in [1.165, 1.54) is 0 Å². The molecule has 1 aliphatic carbocycles. The van der Waals surface area contributed by atoms with Crippen LogP contribution in [0.15, 0.2) is 18.2 Å². The molecule has 22 heavy (non-hydrogen) atoms. The third kappa shape index (κ3) is 3.78. The van der Waals surface area contributed by atoms with Crippen LogP contribution in [0.3, 0.4) is 0 Å². The second-order valence-corrected chi connectivity index (χ2v) is 5.91. The second-order valence-electron chi connectivity index (χ2n) is 5.91. The molecule has 0 radical (unpaired) electrons. The van der Waals surface area contributed by atoms with Crippen molar-refractivity contribution in [2.24, 2.45) is 11.7 Å². The molecular formula is C17H24N2O3. The number of amides is 2. The van der Waals surface area contributed by atoms with Crippen molar-refractivity contribution >= 4 is 11.8 Å². The Labute approximate surface area is 131 Å². The minimum absolute atomic E-state index is 0.154. The highest BCUT2D eigenvalue weighted by molar-refractivity contribution is 5.96. The molecule has 120 valence electrons. The van der Waals surface area contributed by atoms with Gasteiger partial charge in [0.1, 0.15) is 5.75 Å². The molecular weight excluding hydrogens is 280 g/mol. The number of hydrogen-bond donors (Lipinski definition) is 2. The maximum Gasteiger partial charge on any atom is 0.251 e. The van der Waals surface area contributed by atoms with Gasteiger partial charge in [-0.05, 0) is 43.5 Å². The Bertz CT molecular complexity index is 557. The zero-order valence-corrected chi connectivity index (χ0v) is 13.2. The third-order valence-electron chi connectivity index (χ3n) is 4.38. The summed E-state index contributed by atoms with van der Waals surface area (Å²) in [6.45, 7) is 1.87. The topological polar surface area (TPSA) is 81.4 Å². The number of nitrogens with one attached hydrogen (secondary N) is 1. The molecule has 1 aliphatic rings. The maximum atomic E-state index is 12.5. The molecule has 3 N–H and O–H groups in total. The first kappa shape index (κ1) is 16.3. The molecule has 2 rings (SSSR count). The van der Waals surface area contributed by atoms with Gasteiger partial charge in [-0.15, -0.1) is 0 Å². The summed E-state index contributed by atoms with van der Waals surface area (Å²) in [7, 11) is 1.59. The zero-order valence-electron chi connectivity index (χ0n) is 13.2. The Kier molecular flexibility index (Phi) is 5.41. The lowest BCUT2D eigenvalue weighted by molar-refractivity contribution is -0.122. The van der Waals surface area contributed by atoms with E-state index in [2.05, 4.69) is 5.32 Å². The van der Waals surface area contributed by atoms with Crippen molar-refractivity contribution in [1.82, 2.24) is 5.32 Å².